The van der Waals surface area contributed by atoms with E-state index in [1.807, 2.05) is 66.7 Å². The lowest BCUT2D eigenvalue weighted by Crippen LogP contribution is -2.14. The average molecular weight is 330 g/mol. The fourth-order valence-corrected chi connectivity index (χ4v) is 2.49. The number of carbonyl (C=O) groups is 2. The average Bonchev–Trinajstić information content (AvgIpc) is 2.69. The highest BCUT2D eigenvalue weighted by Crippen LogP contribution is 2.19. The molecule has 0 unspecified atom stereocenters. The Hall–Kier alpha value is -3.24. The van der Waals surface area contributed by atoms with Gasteiger partial charge in [-0.1, -0.05) is 54.6 Å². The monoisotopic (exact) mass is 330 g/mol. The first kappa shape index (κ1) is 16.6. The Labute approximate surface area is 146 Å². The summed E-state index contributed by atoms with van der Waals surface area (Å²) < 4.78 is 0. The second kappa shape index (κ2) is 7.55. The van der Waals surface area contributed by atoms with Gasteiger partial charge in [-0.2, -0.15) is 0 Å². The summed E-state index contributed by atoms with van der Waals surface area (Å²) in [5.41, 5.74) is 9.65. The first-order chi connectivity index (χ1) is 12.2. The van der Waals surface area contributed by atoms with Crippen LogP contribution in [0.25, 0.3) is 0 Å². The lowest BCUT2D eigenvalue weighted by atomic mass is 9.92. The number of amides is 1. The molecule has 3 aromatic carbocycles. The number of nitrogens with two attached hydrogens (primary N) is 1. The number of hydrogen-bond donors (Lipinski definition) is 2. The van der Waals surface area contributed by atoms with Crippen molar-refractivity contribution in [2.45, 2.75) is 6.54 Å². The summed E-state index contributed by atoms with van der Waals surface area (Å²) in [6.45, 7) is 0.408. The van der Waals surface area contributed by atoms with E-state index >= 15 is 0 Å². The van der Waals surface area contributed by atoms with Gasteiger partial charge in [-0.25, -0.2) is 0 Å². The van der Waals surface area contributed by atoms with E-state index in [1.54, 1.807) is 12.1 Å². The highest BCUT2D eigenvalue weighted by Gasteiger charge is 2.17. The molecule has 124 valence electrons. The normalized spacial score (nSPS) is 11.0. The van der Waals surface area contributed by atoms with E-state index in [-0.39, 0.29) is 11.7 Å². The Morgan fingerprint density at radius 2 is 1.48 bits per heavy atom. The molecule has 2 bridgehead atoms. The number of benzene rings is 3. The fourth-order valence-electron chi connectivity index (χ4n) is 2.49. The molecule has 0 heterocycles. The maximum atomic E-state index is 11.9. The van der Waals surface area contributed by atoms with Crippen LogP contribution in [0.2, 0.25) is 0 Å². The van der Waals surface area contributed by atoms with Crippen LogP contribution < -0.4 is 11.1 Å². The van der Waals surface area contributed by atoms with Crippen molar-refractivity contribution in [3.8, 4) is 0 Å². The summed E-state index contributed by atoms with van der Waals surface area (Å²) in [4.78, 5) is 22.6. The third-order valence-electron chi connectivity index (χ3n) is 3.91. The minimum absolute atomic E-state index is 0.119. The number of para-hydroxylation sites is 1. The number of carbonyl (C=O) groups excluding carboxylic acids is 2. The van der Waals surface area contributed by atoms with Crippen molar-refractivity contribution >= 4 is 17.4 Å². The van der Waals surface area contributed by atoms with E-state index in [0.29, 0.717) is 12.1 Å². The van der Waals surface area contributed by atoms with E-state index in [0.717, 1.165) is 22.4 Å². The van der Waals surface area contributed by atoms with Gasteiger partial charge in [0, 0.05) is 28.9 Å². The minimum Gasteiger partial charge on any atom is -0.326 e. The topological polar surface area (TPSA) is 72.2 Å². The molecule has 0 spiro atoms. The van der Waals surface area contributed by atoms with Gasteiger partial charge in [0.2, 0.25) is 0 Å². The van der Waals surface area contributed by atoms with Crippen LogP contribution in [0.15, 0.2) is 78.9 Å². The van der Waals surface area contributed by atoms with Crippen molar-refractivity contribution in [3.63, 3.8) is 0 Å². The van der Waals surface area contributed by atoms with Crippen molar-refractivity contribution < 1.29 is 9.59 Å². The molecular weight excluding hydrogens is 312 g/mol. The van der Waals surface area contributed by atoms with Crippen LogP contribution in [0.4, 0.5) is 5.69 Å². The molecule has 25 heavy (non-hydrogen) atoms. The van der Waals surface area contributed by atoms with Gasteiger partial charge in [0.05, 0.1) is 0 Å². The first-order valence-corrected chi connectivity index (χ1v) is 7.98. The van der Waals surface area contributed by atoms with Gasteiger partial charge in [-0.3, -0.25) is 9.59 Å². The Bertz CT molecular complexity index is 876. The van der Waals surface area contributed by atoms with Crippen molar-refractivity contribution in [2.24, 2.45) is 5.73 Å². The summed E-state index contributed by atoms with van der Waals surface area (Å²) in [6.07, 6.45) is 0. The van der Waals surface area contributed by atoms with E-state index in [9.17, 15) is 9.59 Å². The van der Waals surface area contributed by atoms with Crippen LogP contribution in [0.1, 0.15) is 31.8 Å². The molecule has 0 aliphatic heterocycles. The largest absolute Gasteiger partial charge is 0.326 e. The third kappa shape index (κ3) is 3.82. The van der Waals surface area contributed by atoms with E-state index in [1.165, 1.54) is 0 Å². The van der Waals surface area contributed by atoms with Crippen molar-refractivity contribution in [1.82, 2.24) is 0 Å². The molecule has 0 atom stereocenters. The number of rotatable bonds is 3. The van der Waals surface area contributed by atoms with Crippen molar-refractivity contribution in [3.05, 3.63) is 101 Å². The molecule has 0 saturated carbocycles. The van der Waals surface area contributed by atoms with Gasteiger partial charge in [-0.05, 0) is 29.8 Å². The Kier molecular flexibility index (Phi) is 5.02. The van der Waals surface area contributed by atoms with Gasteiger partial charge in [0.15, 0.2) is 5.78 Å². The fraction of sp³-hybridized carbons (Fsp3) is 0.0476. The molecule has 4 heteroatoms. The van der Waals surface area contributed by atoms with Gasteiger partial charge in [-0.15, -0.1) is 0 Å². The van der Waals surface area contributed by atoms with Gasteiger partial charge in [0.25, 0.3) is 5.91 Å². The summed E-state index contributed by atoms with van der Waals surface area (Å²) in [7, 11) is 0. The van der Waals surface area contributed by atoms with Crippen LogP contribution in [0.3, 0.4) is 0 Å². The zero-order valence-electron chi connectivity index (χ0n) is 13.6. The van der Waals surface area contributed by atoms with Crippen molar-refractivity contribution in [2.75, 3.05) is 5.32 Å². The Morgan fingerprint density at radius 3 is 2.04 bits per heavy atom. The number of ketones is 1. The Morgan fingerprint density at radius 1 is 0.840 bits per heavy atom. The van der Waals surface area contributed by atoms with Crippen LogP contribution in [-0.2, 0) is 6.54 Å². The second-order valence-corrected chi connectivity index (χ2v) is 5.59. The summed E-state index contributed by atoms with van der Waals surface area (Å²) in [6, 6.07) is 24.1. The molecule has 0 aromatic heterocycles. The zero-order valence-corrected chi connectivity index (χ0v) is 13.6. The number of anilines is 1. The molecule has 2 aliphatic rings. The molecule has 2 aliphatic carbocycles. The SMILES string of the molecule is NCc1ccccc1NC(=O)c1ccccc1.O=C1c2cccc1c2. The highest BCUT2D eigenvalue weighted by molar-refractivity contribution is 6.16. The predicted octanol–water partition coefficient (Wildman–Crippen LogP) is 3.63. The zero-order chi connectivity index (χ0) is 17.6. The van der Waals surface area contributed by atoms with Gasteiger partial charge < -0.3 is 11.1 Å². The minimum atomic E-state index is -0.119. The van der Waals surface area contributed by atoms with Gasteiger partial charge in [0.1, 0.15) is 0 Å². The van der Waals surface area contributed by atoms with E-state index < -0.39 is 0 Å². The second-order valence-electron chi connectivity index (χ2n) is 5.59. The number of nitrogens with one attached hydrogen (secondary N) is 1. The number of hydrogen-bond acceptors (Lipinski definition) is 3. The highest BCUT2D eigenvalue weighted by atomic mass is 16.1. The quantitative estimate of drug-likeness (QED) is 0.602. The molecule has 3 N–H and O–H groups in total. The molecule has 3 aromatic rings. The third-order valence-corrected chi connectivity index (χ3v) is 3.91. The first-order valence-electron chi connectivity index (χ1n) is 7.98. The van der Waals surface area contributed by atoms with E-state index in [4.69, 9.17) is 5.73 Å². The Balaban J connectivity index is 0.000000188. The molecule has 4 nitrogen and oxygen atoms in total. The standard InChI is InChI=1S/C14H14N2O.C7H4O/c15-10-12-8-4-5-9-13(12)16-14(17)11-6-2-1-3-7-11;8-7-5-2-1-3-6(7)4-5/h1-9H,10,15H2,(H,16,17);1-4H. The summed E-state index contributed by atoms with van der Waals surface area (Å²) in [5, 5.41) is 2.86. The van der Waals surface area contributed by atoms with Crippen LogP contribution in [-0.4, -0.2) is 11.7 Å². The number of fused-ring (bicyclic) bond motifs is 2. The summed E-state index contributed by atoms with van der Waals surface area (Å²) >= 11 is 0. The van der Waals surface area contributed by atoms with Crippen LogP contribution >= 0.6 is 0 Å². The van der Waals surface area contributed by atoms with E-state index in [2.05, 4.69) is 5.32 Å². The van der Waals surface area contributed by atoms with Gasteiger partial charge >= 0.3 is 0 Å². The molecule has 5 rings (SSSR count). The molecule has 1 amide bonds. The van der Waals surface area contributed by atoms with Crippen LogP contribution in [0, 0.1) is 0 Å². The lowest BCUT2D eigenvalue weighted by molar-refractivity contribution is 0.101. The smallest absolute Gasteiger partial charge is 0.255 e. The molecule has 0 fully saturated rings. The lowest BCUT2D eigenvalue weighted by Gasteiger charge is -2.10. The molecule has 0 radical (unpaired) electrons. The maximum Gasteiger partial charge on any atom is 0.255 e. The summed E-state index contributed by atoms with van der Waals surface area (Å²) in [5.74, 6) is 0.0824. The van der Waals surface area contributed by atoms with Crippen molar-refractivity contribution in [1.29, 1.82) is 0 Å². The predicted molar refractivity (Wildman–Crippen MR) is 98.6 cm³/mol. The maximum absolute atomic E-state index is 11.9. The molecular formula is C21H18N2O2. The molecule has 0 saturated heterocycles. The van der Waals surface area contributed by atoms with Crippen LogP contribution in [0.5, 0.6) is 0 Å².